The Morgan fingerprint density at radius 2 is 1.76 bits per heavy atom. The van der Waals surface area contributed by atoms with Gasteiger partial charge < -0.3 is 10.0 Å². The molecule has 2 rings (SSSR count). The smallest absolute Gasteiger partial charge is 0.254 e. The van der Waals surface area contributed by atoms with Gasteiger partial charge in [0.2, 0.25) is 0 Å². The molecule has 0 aromatic heterocycles. The van der Waals surface area contributed by atoms with Gasteiger partial charge in [-0.1, -0.05) is 42.5 Å². The zero-order chi connectivity index (χ0) is 15.1. The molecule has 1 N–H and O–H groups in total. The van der Waals surface area contributed by atoms with E-state index in [1.807, 2.05) is 42.5 Å². The highest BCUT2D eigenvalue weighted by Crippen LogP contribution is 2.27. The first-order valence-corrected chi connectivity index (χ1v) is 7.83. The van der Waals surface area contributed by atoms with Gasteiger partial charge in [-0.05, 0) is 17.7 Å². The average Bonchev–Trinajstić information content (AvgIpc) is 2.54. The second kappa shape index (κ2) is 7.86. The van der Waals surface area contributed by atoms with E-state index in [0.717, 1.165) is 10.6 Å². The first-order valence-electron chi connectivity index (χ1n) is 6.84. The number of rotatable bonds is 6. The molecule has 0 saturated heterocycles. The molecule has 2 aromatic carbocycles. The van der Waals surface area contributed by atoms with E-state index < -0.39 is 0 Å². The van der Waals surface area contributed by atoms with Gasteiger partial charge in [-0.15, -0.1) is 11.8 Å². The summed E-state index contributed by atoms with van der Waals surface area (Å²) in [7, 11) is 1.71. The van der Waals surface area contributed by atoms with Crippen LogP contribution in [-0.2, 0) is 5.75 Å². The van der Waals surface area contributed by atoms with Crippen molar-refractivity contribution in [3.8, 4) is 0 Å². The van der Waals surface area contributed by atoms with E-state index in [0.29, 0.717) is 12.1 Å². The second-order valence-electron chi connectivity index (χ2n) is 4.72. The van der Waals surface area contributed by atoms with E-state index in [4.69, 9.17) is 5.11 Å². The Bertz CT molecular complexity index is 586. The Balaban J connectivity index is 2.11. The molecule has 0 fully saturated rings. The molecular weight excluding hydrogens is 282 g/mol. The van der Waals surface area contributed by atoms with E-state index in [1.165, 1.54) is 5.56 Å². The van der Waals surface area contributed by atoms with Crippen LogP contribution < -0.4 is 0 Å². The van der Waals surface area contributed by atoms with Crippen LogP contribution in [0.1, 0.15) is 15.9 Å². The van der Waals surface area contributed by atoms with E-state index >= 15 is 0 Å². The molecule has 1 amide bonds. The topological polar surface area (TPSA) is 40.5 Å². The predicted molar refractivity (Wildman–Crippen MR) is 86.5 cm³/mol. The lowest BCUT2D eigenvalue weighted by Gasteiger charge is -2.17. The average molecular weight is 301 g/mol. The van der Waals surface area contributed by atoms with Crippen molar-refractivity contribution in [2.24, 2.45) is 0 Å². The van der Waals surface area contributed by atoms with E-state index in [1.54, 1.807) is 23.7 Å². The molecule has 0 saturated carbocycles. The maximum Gasteiger partial charge on any atom is 0.254 e. The number of thioether (sulfide) groups is 1. The van der Waals surface area contributed by atoms with Crippen LogP contribution in [0.2, 0.25) is 0 Å². The highest BCUT2D eigenvalue weighted by atomic mass is 32.2. The van der Waals surface area contributed by atoms with Gasteiger partial charge in [0.1, 0.15) is 0 Å². The number of likely N-dealkylation sites (N-methyl/N-ethyl adjacent to an activating group) is 1. The molecule has 2 aromatic rings. The summed E-state index contributed by atoms with van der Waals surface area (Å²) in [6, 6.07) is 17.8. The fraction of sp³-hybridized carbons (Fsp3) is 0.235. The lowest BCUT2D eigenvalue weighted by atomic mass is 10.2. The van der Waals surface area contributed by atoms with Crippen molar-refractivity contribution >= 4 is 17.7 Å². The fourth-order valence-electron chi connectivity index (χ4n) is 1.96. The van der Waals surface area contributed by atoms with E-state index in [9.17, 15) is 4.79 Å². The van der Waals surface area contributed by atoms with Crippen LogP contribution in [0, 0.1) is 0 Å². The van der Waals surface area contributed by atoms with Gasteiger partial charge in [0.05, 0.1) is 12.2 Å². The third kappa shape index (κ3) is 4.34. The maximum atomic E-state index is 12.4. The Morgan fingerprint density at radius 1 is 1.10 bits per heavy atom. The fourth-order valence-corrected chi connectivity index (χ4v) is 2.96. The molecule has 0 radical (unpaired) electrons. The van der Waals surface area contributed by atoms with Crippen molar-refractivity contribution in [2.45, 2.75) is 10.6 Å². The van der Waals surface area contributed by atoms with Crippen LogP contribution in [0.3, 0.4) is 0 Å². The minimum absolute atomic E-state index is 0.0262. The number of hydrogen-bond acceptors (Lipinski definition) is 3. The predicted octanol–water partition coefficient (Wildman–Crippen LogP) is 3.04. The summed E-state index contributed by atoms with van der Waals surface area (Å²) < 4.78 is 0. The maximum absolute atomic E-state index is 12.4. The zero-order valence-electron chi connectivity index (χ0n) is 12.0. The first kappa shape index (κ1) is 15.6. The van der Waals surface area contributed by atoms with Crippen LogP contribution in [0.25, 0.3) is 0 Å². The zero-order valence-corrected chi connectivity index (χ0v) is 12.8. The molecule has 0 heterocycles. The number of hydrogen-bond donors (Lipinski definition) is 1. The van der Waals surface area contributed by atoms with Crippen molar-refractivity contribution in [1.82, 2.24) is 4.90 Å². The monoisotopic (exact) mass is 301 g/mol. The molecule has 4 heteroatoms. The van der Waals surface area contributed by atoms with Crippen LogP contribution in [0.4, 0.5) is 0 Å². The number of amides is 1. The molecule has 21 heavy (non-hydrogen) atoms. The quantitative estimate of drug-likeness (QED) is 0.834. The Hall–Kier alpha value is -1.78. The van der Waals surface area contributed by atoms with Crippen molar-refractivity contribution in [3.05, 3.63) is 65.7 Å². The largest absolute Gasteiger partial charge is 0.395 e. The summed E-state index contributed by atoms with van der Waals surface area (Å²) in [4.78, 5) is 14.9. The molecule has 0 bridgehead atoms. The van der Waals surface area contributed by atoms with Gasteiger partial charge in [-0.25, -0.2) is 0 Å². The van der Waals surface area contributed by atoms with E-state index in [2.05, 4.69) is 12.1 Å². The Kier molecular flexibility index (Phi) is 5.84. The highest BCUT2D eigenvalue weighted by Gasteiger charge is 2.15. The number of aliphatic hydroxyl groups is 1. The molecule has 0 aliphatic rings. The number of benzene rings is 2. The van der Waals surface area contributed by atoms with Crippen LogP contribution in [-0.4, -0.2) is 36.1 Å². The van der Waals surface area contributed by atoms with Gasteiger partial charge in [0.15, 0.2) is 0 Å². The number of carbonyl (C=O) groups is 1. The second-order valence-corrected chi connectivity index (χ2v) is 5.74. The molecule has 0 spiro atoms. The summed E-state index contributed by atoms with van der Waals surface area (Å²) in [5.41, 5.74) is 1.92. The summed E-state index contributed by atoms with van der Waals surface area (Å²) in [6.45, 7) is 0.318. The minimum Gasteiger partial charge on any atom is -0.395 e. The van der Waals surface area contributed by atoms with Crippen LogP contribution >= 0.6 is 11.8 Å². The Labute approximate surface area is 129 Å². The van der Waals surface area contributed by atoms with Crippen molar-refractivity contribution < 1.29 is 9.90 Å². The lowest BCUT2D eigenvalue weighted by molar-refractivity contribution is 0.0763. The normalized spacial score (nSPS) is 10.4. The van der Waals surface area contributed by atoms with Gasteiger partial charge in [-0.2, -0.15) is 0 Å². The van der Waals surface area contributed by atoms with Crippen molar-refractivity contribution in [1.29, 1.82) is 0 Å². The SMILES string of the molecule is CN(CCO)C(=O)c1ccccc1SCc1ccccc1. The molecule has 0 atom stereocenters. The number of aliphatic hydroxyl groups excluding tert-OH is 1. The lowest BCUT2D eigenvalue weighted by Crippen LogP contribution is -2.29. The van der Waals surface area contributed by atoms with Gasteiger partial charge in [0, 0.05) is 24.2 Å². The molecule has 3 nitrogen and oxygen atoms in total. The van der Waals surface area contributed by atoms with E-state index in [-0.39, 0.29) is 12.5 Å². The molecule has 110 valence electrons. The molecule has 0 aliphatic heterocycles. The van der Waals surface area contributed by atoms with Crippen LogP contribution in [0.15, 0.2) is 59.5 Å². The third-order valence-corrected chi connectivity index (χ3v) is 4.28. The third-order valence-electron chi connectivity index (χ3n) is 3.14. The highest BCUT2D eigenvalue weighted by molar-refractivity contribution is 7.98. The molecule has 0 aliphatic carbocycles. The van der Waals surface area contributed by atoms with Crippen molar-refractivity contribution in [3.63, 3.8) is 0 Å². The molecular formula is C17H19NO2S. The minimum atomic E-state index is -0.0554. The van der Waals surface area contributed by atoms with Gasteiger partial charge in [0.25, 0.3) is 5.91 Å². The Morgan fingerprint density at radius 3 is 2.48 bits per heavy atom. The van der Waals surface area contributed by atoms with Crippen LogP contribution in [0.5, 0.6) is 0 Å². The number of nitrogens with zero attached hydrogens (tertiary/aromatic N) is 1. The summed E-state index contributed by atoms with van der Waals surface area (Å²) in [6.07, 6.45) is 0. The summed E-state index contributed by atoms with van der Waals surface area (Å²) >= 11 is 1.65. The van der Waals surface area contributed by atoms with Gasteiger partial charge >= 0.3 is 0 Å². The number of carbonyl (C=O) groups excluding carboxylic acids is 1. The standard InChI is InChI=1S/C17H19NO2S/c1-18(11-12-19)17(20)15-9-5-6-10-16(15)21-13-14-7-3-2-4-8-14/h2-10,19H,11-13H2,1H3. The van der Waals surface area contributed by atoms with Gasteiger partial charge in [-0.3, -0.25) is 4.79 Å². The first-order chi connectivity index (χ1) is 10.2. The molecule has 0 unspecified atom stereocenters. The van der Waals surface area contributed by atoms with Crippen molar-refractivity contribution in [2.75, 3.05) is 20.2 Å². The summed E-state index contributed by atoms with van der Waals surface area (Å²) in [5.74, 6) is 0.773. The summed E-state index contributed by atoms with van der Waals surface area (Å²) in [5, 5.41) is 8.95.